The van der Waals surface area contributed by atoms with Crippen LogP contribution >= 0.6 is 27.5 Å². The van der Waals surface area contributed by atoms with Crippen molar-refractivity contribution in [2.45, 2.75) is 30.0 Å². The van der Waals surface area contributed by atoms with E-state index in [0.29, 0.717) is 6.42 Å². The Labute approximate surface area is 126 Å². The van der Waals surface area contributed by atoms with Crippen LogP contribution in [0.3, 0.4) is 0 Å². The minimum atomic E-state index is -0.349. The van der Waals surface area contributed by atoms with E-state index in [0.717, 1.165) is 22.2 Å². The summed E-state index contributed by atoms with van der Waals surface area (Å²) in [5.41, 5.74) is 1.22. The number of rotatable bonds is 3. The van der Waals surface area contributed by atoms with Crippen molar-refractivity contribution in [3.8, 4) is 0 Å². The lowest BCUT2D eigenvalue weighted by atomic mass is 9.99. The third kappa shape index (κ3) is 2.02. The van der Waals surface area contributed by atoms with Crippen LogP contribution in [0.4, 0.5) is 0 Å². The van der Waals surface area contributed by atoms with Gasteiger partial charge in [-0.2, -0.15) is 0 Å². The molecule has 3 heteroatoms. The Bertz CT molecular complexity index is 667. The number of carbonyl (C=O) groups excluding carboxylic acids is 1. The van der Waals surface area contributed by atoms with Crippen molar-refractivity contribution in [3.05, 3.63) is 47.0 Å². The molecule has 2 unspecified atom stereocenters. The van der Waals surface area contributed by atoms with Crippen LogP contribution < -0.4 is 0 Å². The average molecular weight is 338 g/mol. The van der Waals surface area contributed by atoms with Gasteiger partial charge in [-0.1, -0.05) is 64.8 Å². The monoisotopic (exact) mass is 336 g/mol. The molecule has 1 fully saturated rings. The fourth-order valence-electron chi connectivity index (χ4n) is 2.80. The molecule has 3 rings (SSSR count). The topological polar surface area (TPSA) is 17.1 Å². The van der Waals surface area contributed by atoms with Crippen LogP contribution in [-0.4, -0.2) is 10.1 Å². The smallest absolute Gasteiger partial charge is 0.149 e. The van der Waals surface area contributed by atoms with Gasteiger partial charge < -0.3 is 0 Å². The number of halogens is 2. The molecule has 0 aliphatic heterocycles. The van der Waals surface area contributed by atoms with Gasteiger partial charge in [0.1, 0.15) is 5.78 Å². The summed E-state index contributed by atoms with van der Waals surface area (Å²) < 4.78 is -0.349. The number of Topliss-reactive ketones (excluding diaryl/α,β-unsaturated/α-hetero) is 1. The van der Waals surface area contributed by atoms with Crippen molar-refractivity contribution >= 4 is 44.1 Å². The normalized spacial score (nSPS) is 25.5. The molecule has 0 N–H and O–H groups in total. The molecule has 2 aromatic rings. The van der Waals surface area contributed by atoms with E-state index in [1.54, 1.807) is 0 Å². The minimum Gasteiger partial charge on any atom is -0.298 e. The molecule has 2 atom stereocenters. The highest BCUT2D eigenvalue weighted by Crippen LogP contribution is 2.60. The van der Waals surface area contributed by atoms with Crippen LogP contribution in [0.2, 0.25) is 5.02 Å². The van der Waals surface area contributed by atoms with Gasteiger partial charge in [0.05, 0.1) is 4.32 Å². The maximum atomic E-state index is 12.0. The summed E-state index contributed by atoms with van der Waals surface area (Å²) in [7, 11) is 0. The predicted molar refractivity (Wildman–Crippen MR) is 83.3 cm³/mol. The molecule has 19 heavy (non-hydrogen) atoms. The van der Waals surface area contributed by atoms with E-state index in [1.165, 1.54) is 5.56 Å². The van der Waals surface area contributed by atoms with Crippen molar-refractivity contribution in [3.63, 3.8) is 0 Å². The molecule has 1 nitrogen and oxygen atoms in total. The number of hydrogen-bond acceptors (Lipinski definition) is 1. The maximum Gasteiger partial charge on any atom is 0.149 e. The number of alkyl halides is 1. The first kappa shape index (κ1) is 13.1. The molecule has 0 spiro atoms. The quantitative estimate of drug-likeness (QED) is 0.713. The Morgan fingerprint density at radius 1 is 1.32 bits per heavy atom. The highest BCUT2D eigenvalue weighted by Gasteiger charge is 2.57. The van der Waals surface area contributed by atoms with E-state index in [9.17, 15) is 4.79 Å². The Kier molecular flexibility index (Phi) is 3.18. The number of fused-ring (bicyclic) bond motifs is 1. The standard InChI is InChI=1S/C16H14BrClO/c1-2-15(19)16(17)9-13(16)11-6-3-7-12-10(11)5-4-8-14(12)18/h3-8,13H,2,9H2,1H3. The third-order valence-corrected chi connectivity index (χ3v) is 5.60. The lowest BCUT2D eigenvalue weighted by molar-refractivity contribution is -0.118. The van der Waals surface area contributed by atoms with Gasteiger partial charge in [-0.25, -0.2) is 0 Å². The number of ketones is 1. The molecule has 1 aliphatic rings. The second-order valence-corrected chi connectivity index (χ2v) is 6.90. The zero-order valence-corrected chi connectivity index (χ0v) is 13.0. The van der Waals surface area contributed by atoms with Crippen LogP contribution in [-0.2, 0) is 4.79 Å². The van der Waals surface area contributed by atoms with Crippen LogP contribution in [0.15, 0.2) is 36.4 Å². The van der Waals surface area contributed by atoms with E-state index < -0.39 is 0 Å². The largest absolute Gasteiger partial charge is 0.298 e. The van der Waals surface area contributed by atoms with Crippen molar-refractivity contribution in [1.29, 1.82) is 0 Å². The lowest BCUT2D eigenvalue weighted by Gasteiger charge is -2.10. The van der Waals surface area contributed by atoms with Gasteiger partial charge >= 0.3 is 0 Å². The van der Waals surface area contributed by atoms with E-state index in [-0.39, 0.29) is 16.0 Å². The van der Waals surface area contributed by atoms with Crippen LogP contribution in [0, 0.1) is 0 Å². The first-order valence-electron chi connectivity index (χ1n) is 6.47. The fourth-order valence-corrected chi connectivity index (χ4v) is 3.88. The Morgan fingerprint density at radius 2 is 2.00 bits per heavy atom. The van der Waals surface area contributed by atoms with Crippen molar-refractivity contribution in [2.24, 2.45) is 0 Å². The second-order valence-electron chi connectivity index (χ2n) is 5.08. The average Bonchev–Trinajstić information content (AvgIpc) is 3.11. The zero-order chi connectivity index (χ0) is 13.6. The summed E-state index contributed by atoms with van der Waals surface area (Å²) in [6.07, 6.45) is 1.46. The molecular weight excluding hydrogens is 324 g/mol. The minimum absolute atomic E-state index is 0.266. The van der Waals surface area contributed by atoms with Crippen LogP contribution in [0.25, 0.3) is 10.8 Å². The van der Waals surface area contributed by atoms with E-state index in [4.69, 9.17) is 11.6 Å². The summed E-state index contributed by atoms with van der Waals surface area (Å²) in [6, 6.07) is 12.1. The van der Waals surface area contributed by atoms with E-state index >= 15 is 0 Å². The summed E-state index contributed by atoms with van der Waals surface area (Å²) in [5.74, 6) is 0.554. The van der Waals surface area contributed by atoms with Crippen molar-refractivity contribution < 1.29 is 4.79 Å². The number of hydrogen-bond donors (Lipinski definition) is 0. The van der Waals surface area contributed by atoms with Crippen LogP contribution in [0.5, 0.6) is 0 Å². The molecule has 1 saturated carbocycles. The van der Waals surface area contributed by atoms with Crippen molar-refractivity contribution in [1.82, 2.24) is 0 Å². The molecule has 98 valence electrons. The van der Waals surface area contributed by atoms with E-state index in [1.807, 2.05) is 31.2 Å². The molecule has 0 heterocycles. The van der Waals surface area contributed by atoms with Gasteiger partial charge in [-0.05, 0) is 23.4 Å². The Morgan fingerprint density at radius 3 is 2.74 bits per heavy atom. The van der Waals surface area contributed by atoms with Gasteiger partial charge in [0.15, 0.2) is 0 Å². The summed E-state index contributed by atoms with van der Waals surface area (Å²) in [4.78, 5) is 12.0. The highest BCUT2D eigenvalue weighted by atomic mass is 79.9. The third-order valence-electron chi connectivity index (χ3n) is 3.96. The Balaban J connectivity index is 2.09. The SMILES string of the molecule is CCC(=O)C1(Br)CC1c1cccc2c(Cl)cccc12. The van der Waals surface area contributed by atoms with Gasteiger partial charge in [-0.3, -0.25) is 4.79 Å². The molecule has 0 bridgehead atoms. The first-order valence-corrected chi connectivity index (χ1v) is 7.64. The van der Waals surface area contributed by atoms with Gasteiger partial charge in [0.2, 0.25) is 0 Å². The summed E-state index contributed by atoms with van der Waals surface area (Å²) in [6.45, 7) is 1.92. The zero-order valence-electron chi connectivity index (χ0n) is 10.6. The second kappa shape index (κ2) is 4.60. The predicted octanol–water partition coefficient (Wildman–Crippen LogP) is 5.09. The number of carbonyl (C=O) groups is 1. The van der Waals surface area contributed by atoms with Crippen molar-refractivity contribution in [2.75, 3.05) is 0 Å². The molecule has 0 radical (unpaired) electrons. The fraction of sp³-hybridized carbons (Fsp3) is 0.312. The van der Waals surface area contributed by atoms with Crippen LogP contribution in [0.1, 0.15) is 31.2 Å². The first-order chi connectivity index (χ1) is 9.08. The molecule has 0 amide bonds. The molecule has 0 aromatic heterocycles. The highest BCUT2D eigenvalue weighted by molar-refractivity contribution is 9.10. The summed E-state index contributed by atoms with van der Waals surface area (Å²) >= 11 is 9.88. The number of benzene rings is 2. The summed E-state index contributed by atoms with van der Waals surface area (Å²) in [5, 5.41) is 2.99. The maximum absolute atomic E-state index is 12.0. The molecular formula is C16H14BrClO. The lowest BCUT2D eigenvalue weighted by Crippen LogP contribution is -2.16. The van der Waals surface area contributed by atoms with Gasteiger partial charge in [-0.15, -0.1) is 0 Å². The van der Waals surface area contributed by atoms with Gasteiger partial charge in [0, 0.05) is 22.7 Å². The molecule has 0 saturated heterocycles. The van der Waals surface area contributed by atoms with E-state index in [2.05, 4.69) is 28.1 Å². The molecule has 2 aromatic carbocycles. The van der Waals surface area contributed by atoms with Gasteiger partial charge in [0.25, 0.3) is 0 Å². The Hall–Kier alpha value is -0.860. The molecule has 1 aliphatic carbocycles.